The van der Waals surface area contributed by atoms with Crippen LogP contribution in [0.4, 0.5) is 18.9 Å². The molecule has 1 N–H and O–H groups in total. The fourth-order valence-electron chi connectivity index (χ4n) is 3.39. The largest absolute Gasteiger partial charge is 0.495 e. The van der Waals surface area contributed by atoms with Gasteiger partial charge in [-0.25, -0.2) is 21.6 Å². The Bertz CT molecular complexity index is 1080. The van der Waals surface area contributed by atoms with E-state index in [-0.39, 0.29) is 22.3 Å². The monoisotopic (exact) mass is 442 g/mol. The Morgan fingerprint density at radius 1 is 1.13 bits per heavy atom. The molecular weight excluding hydrogens is 421 g/mol. The maximum absolute atomic E-state index is 13.9. The summed E-state index contributed by atoms with van der Waals surface area (Å²) in [6, 6.07) is 5.09. The second-order valence-electron chi connectivity index (χ2n) is 7.00. The quantitative estimate of drug-likeness (QED) is 0.712. The van der Waals surface area contributed by atoms with E-state index in [1.807, 2.05) is 6.92 Å². The van der Waals surface area contributed by atoms with E-state index < -0.39 is 39.1 Å². The third kappa shape index (κ3) is 4.15. The van der Waals surface area contributed by atoms with Gasteiger partial charge >= 0.3 is 0 Å². The van der Waals surface area contributed by atoms with E-state index in [1.165, 1.54) is 23.5 Å². The minimum Gasteiger partial charge on any atom is -0.495 e. The van der Waals surface area contributed by atoms with Gasteiger partial charge in [-0.2, -0.15) is 4.31 Å². The average molecular weight is 442 g/mol. The van der Waals surface area contributed by atoms with Gasteiger partial charge in [0.05, 0.1) is 12.8 Å². The SMILES string of the molecule is COc1ccc(C(=O)Nc2ccc(F)c(F)c2F)cc1S(=O)(=O)N1CCCCC1C. The predicted octanol–water partition coefficient (Wildman–Crippen LogP) is 3.93. The number of hydrogen-bond donors (Lipinski definition) is 1. The van der Waals surface area contributed by atoms with Gasteiger partial charge in [-0.3, -0.25) is 4.79 Å². The van der Waals surface area contributed by atoms with Crippen molar-refractivity contribution in [2.24, 2.45) is 0 Å². The molecule has 1 atom stereocenters. The van der Waals surface area contributed by atoms with Crippen LogP contribution in [0.3, 0.4) is 0 Å². The number of amides is 1. The molecule has 30 heavy (non-hydrogen) atoms. The Morgan fingerprint density at radius 3 is 2.53 bits per heavy atom. The van der Waals surface area contributed by atoms with Crippen molar-refractivity contribution >= 4 is 21.6 Å². The number of rotatable bonds is 5. The number of carbonyl (C=O) groups excluding carboxylic acids is 1. The fourth-order valence-corrected chi connectivity index (χ4v) is 5.27. The van der Waals surface area contributed by atoms with E-state index in [0.29, 0.717) is 12.6 Å². The van der Waals surface area contributed by atoms with Crippen molar-refractivity contribution < 1.29 is 31.1 Å². The van der Waals surface area contributed by atoms with Gasteiger partial charge in [0, 0.05) is 18.2 Å². The number of piperidine rings is 1. The Labute approximate surface area is 172 Å². The molecule has 10 heteroatoms. The van der Waals surface area contributed by atoms with Gasteiger partial charge < -0.3 is 10.1 Å². The van der Waals surface area contributed by atoms with Crippen LogP contribution in [-0.2, 0) is 10.0 Å². The lowest BCUT2D eigenvalue weighted by Gasteiger charge is -2.32. The molecule has 0 spiro atoms. The Hall–Kier alpha value is -2.59. The highest BCUT2D eigenvalue weighted by atomic mass is 32.2. The minimum absolute atomic E-state index is 0.0586. The summed E-state index contributed by atoms with van der Waals surface area (Å²) in [5, 5.41) is 2.13. The van der Waals surface area contributed by atoms with Gasteiger partial charge in [-0.1, -0.05) is 6.42 Å². The molecule has 0 saturated carbocycles. The molecule has 1 fully saturated rings. The summed E-state index contributed by atoms with van der Waals surface area (Å²) in [6.45, 7) is 2.16. The van der Waals surface area contributed by atoms with Crippen LogP contribution in [0.1, 0.15) is 36.5 Å². The zero-order valence-electron chi connectivity index (χ0n) is 16.4. The summed E-state index contributed by atoms with van der Waals surface area (Å²) in [5.74, 6) is -5.48. The van der Waals surface area contributed by atoms with Gasteiger partial charge in [-0.05, 0) is 50.1 Å². The number of hydrogen-bond acceptors (Lipinski definition) is 4. The fraction of sp³-hybridized carbons (Fsp3) is 0.350. The summed E-state index contributed by atoms with van der Waals surface area (Å²) in [4.78, 5) is 12.3. The molecule has 1 amide bonds. The topological polar surface area (TPSA) is 75.7 Å². The molecule has 1 aliphatic heterocycles. The number of anilines is 1. The smallest absolute Gasteiger partial charge is 0.255 e. The highest BCUT2D eigenvalue weighted by Crippen LogP contribution is 2.32. The summed E-state index contributed by atoms with van der Waals surface area (Å²) < 4.78 is 73.3. The van der Waals surface area contributed by atoms with Crippen molar-refractivity contribution in [2.45, 2.75) is 37.1 Å². The van der Waals surface area contributed by atoms with Gasteiger partial charge in [0.25, 0.3) is 5.91 Å². The van der Waals surface area contributed by atoms with Crippen LogP contribution < -0.4 is 10.1 Å². The van der Waals surface area contributed by atoms with Crippen LogP contribution in [0.25, 0.3) is 0 Å². The molecule has 1 unspecified atom stereocenters. The Kier molecular flexibility index (Phi) is 6.37. The highest BCUT2D eigenvalue weighted by Gasteiger charge is 2.33. The molecule has 2 aromatic rings. The zero-order chi connectivity index (χ0) is 22.1. The number of methoxy groups -OCH3 is 1. The first kappa shape index (κ1) is 22.1. The first-order valence-corrected chi connectivity index (χ1v) is 10.8. The van der Waals surface area contributed by atoms with Gasteiger partial charge in [0.2, 0.25) is 10.0 Å². The molecule has 0 radical (unpaired) electrons. The van der Waals surface area contributed by atoms with Crippen LogP contribution in [0.2, 0.25) is 0 Å². The molecule has 0 aromatic heterocycles. The van der Waals surface area contributed by atoms with E-state index in [4.69, 9.17) is 4.74 Å². The van der Waals surface area contributed by atoms with E-state index in [1.54, 1.807) is 0 Å². The first-order valence-electron chi connectivity index (χ1n) is 9.31. The number of nitrogens with one attached hydrogen (secondary N) is 1. The Morgan fingerprint density at radius 2 is 1.87 bits per heavy atom. The molecule has 6 nitrogen and oxygen atoms in total. The molecule has 1 heterocycles. The second kappa shape index (κ2) is 8.65. The van der Waals surface area contributed by atoms with Crippen molar-refractivity contribution in [2.75, 3.05) is 19.0 Å². The zero-order valence-corrected chi connectivity index (χ0v) is 17.2. The third-order valence-corrected chi connectivity index (χ3v) is 7.07. The Balaban J connectivity index is 1.96. The maximum atomic E-state index is 13.9. The van der Waals surface area contributed by atoms with Crippen molar-refractivity contribution in [3.8, 4) is 5.75 Å². The first-order chi connectivity index (χ1) is 14.2. The lowest BCUT2D eigenvalue weighted by molar-refractivity contribution is 0.102. The predicted molar refractivity (Wildman–Crippen MR) is 104 cm³/mol. The van der Waals surface area contributed by atoms with Gasteiger partial charge in [-0.15, -0.1) is 0 Å². The number of nitrogens with zero attached hydrogens (tertiary/aromatic N) is 1. The van der Waals surface area contributed by atoms with Crippen LogP contribution in [0.5, 0.6) is 5.75 Å². The molecule has 1 aliphatic rings. The molecule has 0 aliphatic carbocycles. The summed E-state index contributed by atoms with van der Waals surface area (Å²) >= 11 is 0. The van der Waals surface area contributed by atoms with Crippen LogP contribution in [0, 0.1) is 17.5 Å². The van der Waals surface area contributed by atoms with E-state index in [2.05, 4.69) is 5.32 Å². The van der Waals surface area contributed by atoms with E-state index in [9.17, 15) is 26.4 Å². The minimum atomic E-state index is -3.96. The standard InChI is InChI=1S/C20H21F3N2O4S/c1-12-5-3-4-10-25(12)30(27,28)17-11-13(6-9-16(17)29-2)20(26)24-15-8-7-14(21)18(22)19(15)23/h6-9,11-12H,3-5,10H2,1-2H3,(H,24,26). The molecule has 3 rings (SSSR count). The van der Waals surface area contributed by atoms with Crippen LogP contribution in [0.15, 0.2) is 35.2 Å². The van der Waals surface area contributed by atoms with Crippen LogP contribution >= 0.6 is 0 Å². The van der Waals surface area contributed by atoms with E-state index in [0.717, 1.165) is 31.4 Å². The number of ether oxygens (including phenoxy) is 1. The normalized spacial score (nSPS) is 17.6. The van der Waals surface area contributed by atoms with Crippen molar-refractivity contribution in [3.63, 3.8) is 0 Å². The number of benzene rings is 2. The van der Waals surface area contributed by atoms with Crippen LogP contribution in [-0.4, -0.2) is 38.3 Å². The summed E-state index contributed by atoms with van der Waals surface area (Å²) in [7, 11) is -2.65. The van der Waals surface area contributed by atoms with E-state index >= 15 is 0 Å². The van der Waals surface area contributed by atoms with Crippen molar-refractivity contribution in [3.05, 3.63) is 53.3 Å². The van der Waals surface area contributed by atoms with Crippen molar-refractivity contribution in [1.29, 1.82) is 0 Å². The summed E-state index contributed by atoms with van der Waals surface area (Å²) in [5.41, 5.74) is -0.674. The molecule has 0 bridgehead atoms. The summed E-state index contributed by atoms with van der Waals surface area (Å²) in [6.07, 6.45) is 2.37. The molecule has 1 saturated heterocycles. The lowest BCUT2D eigenvalue weighted by atomic mass is 10.1. The number of sulfonamides is 1. The van der Waals surface area contributed by atoms with Gasteiger partial charge in [0.1, 0.15) is 10.6 Å². The highest BCUT2D eigenvalue weighted by molar-refractivity contribution is 7.89. The van der Waals surface area contributed by atoms with Gasteiger partial charge in [0.15, 0.2) is 17.5 Å². The lowest BCUT2D eigenvalue weighted by Crippen LogP contribution is -2.42. The second-order valence-corrected chi connectivity index (χ2v) is 8.86. The molecular formula is C20H21F3N2O4S. The number of carbonyl (C=O) groups is 1. The third-order valence-electron chi connectivity index (χ3n) is 5.04. The maximum Gasteiger partial charge on any atom is 0.255 e. The van der Waals surface area contributed by atoms with Crippen molar-refractivity contribution in [1.82, 2.24) is 4.31 Å². The molecule has 162 valence electrons. The number of halogens is 3. The molecule has 2 aromatic carbocycles. The average Bonchev–Trinajstić information content (AvgIpc) is 2.73.